The van der Waals surface area contributed by atoms with Crippen LogP contribution in [0.5, 0.6) is 0 Å². The molecule has 2 unspecified atom stereocenters. The first-order valence-electron chi connectivity index (χ1n) is 6.73. The number of hydrogen-bond donors (Lipinski definition) is 2. The summed E-state index contributed by atoms with van der Waals surface area (Å²) in [5, 5.41) is 5.69. The molecule has 1 saturated carbocycles. The molecule has 2 atom stereocenters. The van der Waals surface area contributed by atoms with Crippen molar-refractivity contribution in [3.63, 3.8) is 0 Å². The second-order valence-corrected chi connectivity index (χ2v) is 5.55. The van der Waals surface area contributed by atoms with Crippen molar-refractivity contribution in [2.75, 3.05) is 19.6 Å². The number of hydrogen-bond acceptors (Lipinski definition) is 2. The highest BCUT2D eigenvalue weighted by molar-refractivity contribution is 5.95. The van der Waals surface area contributed by atoms with E-state index in [1.54, 1.807) is 0 Å². The van der Waals surface area contributed by atoms with Crippen molar-refractivity contribution in [2.45, 2.75) is 6.18 Å². The first-order chi connectivity index (χ1) is 9.88. The lowest BCUT2D eigenvalue weighted by atomic mass is 10.1. The van der Waals surface area contributed by atoms with Crippen LogP contribution in [0.1, 0.15) is 15.9 Å². The molecule has 1 aliphatic heterocycles. The molecule has 1 aromatic carbocycles. The molecule has 1 heterocycles. The minimum absolute atomic E-state index is 0.318. The molecule has 3 nitrogen and oxygen atoms in total. The fraction of sp³-hybridized carbons (Fsp3) is 0.500. The summed E-state index contributed by atoms with van der Waals surface area (Å²) >= 11 is 0. The average Bonchev–Trinajstić information content (AvgIpc) is 2.83. The van der Waals surface area contributed by atoms with Crippen LogP contribution in [0.2, 0.25) is 0 Å². The van der Waals surface area contributed by atoms with E-state index >= 15 is 0 Å². The fourth-order valence-electron chi connectivity index (χ4n) is 3.11. The van der Waals surface area contributed by atoms with Gasteiger partial charge in [0.1, 0.15) is 5.82 Å². The van der Waals surface area contributed by atoms with Crippen molar-refractivity contribution in [3.8, 4) is 0 Å². The maximum atomic E-state index is 13.1. The Kier molecular flexibility index (Phi) is 3.39. The summed E-state index contributed by atoms with van der Waals surface area (Å²) in [6.45, 7) is 2.11. The van der Waals surface area contributed by atoms with Crippen LogP contribution in [0.3, 0.4) is 0 Å². The Labute approximate surface area is 118 Å². The zero-order chi connectivity index (χ0) is 15.2. The molecule has 1 saturated heterocycles. The van der Waals surface area contributed by atoms with Crippen molar-refractivity contribution in [2.24, 2.45) is 17.8 Å². The quantitative estimate of drug-likeness (QED) is 0.839. The van der Waals surface area contributed by atoms with E-state index in [9.17, 15) is 22.4 Å². The first-order valence-corrected chi connectivity index (χ1v) is 6.73. The van der Waals surface area contributed by atoms with E-state index in [-0.39, 0.29) is 0 Å². The monoisotopic (exact) mass is 302 g/mol. The summed E-state index contributed by atoms with van der Waals surface area (Å²) < 4.78 is 51.6. The standard InChI is InChI=1S/C14H14F4N2O/c15-7-1-2-12(14(16,17)18)8(3-7)13(21)20-6-11-9-4-19-5-10(9)11/h1-3,9-11,19H,4-6H2,(H,20,21). The molecule has 114 valence electrons. The van der Waals surface area contributed by atoms with E-state index in [0.717, 1.165) is 13.1 Å². The van der Waals surface area contributed by atoms with Crippen molar-refractivity contribution >= 4 is 5.91 Å². The van der Waals surface area contributed by atoms with Gasteiger partial charge in [-0.05, 0) is 49.0 Å². The molecule has 1 aromatic rings. The third kappa shape index (κ3) is 2.74. The molecule has 0 spiro atoms. The van der Waals surface area contributed by atoms with Crippen LogP contribution < -0.4 is 10.6 Å². The summed E-state index contributed by atoms with van der Waals surface area (Å²) in [4.78, 5) is 11.9. The molecule has 2 aliphatic rings. The largest absolute Gasteiger partial charge is 0.417 e. The van der Waals surface area contributed by atoms with Crippen LogP contribution in [0, 0.1) is 23.6 Å². The Morgan fingerprint density at radius 2 is 1.95 bits per heavy atom. The molecule has 0 bridgehead atoms. The van der Waals surface area contributed by atoms with Crippen LogP contribution in [-0.2, 0) is 6.18 Å². The van der Waals surface area contributed by atoms with E-state index < -0.39 is 29.0 Å². The number of amides is 1. The Morgan fingerprint density at radius 1 is 1.29 bits per heavy atom. The van der Waals surface area contributed by atoms with Gasteiger partial charge < -0.3 is 10.6 Å². The van der Waals surface area contributed by atoms with Crippen LogP contribution in [0.4, 0.5) is 17.6 Å². The number of rotatable bonds is 3. The lowest BCUT2D eigenvalue weighted by Crippen LogP contribution is -2.30. The average molecular weight is 302 g/mol. The Hall–Kier alpha value is -1.63. The van der Waals surface area contributed by atoms with Gasteiger partial charge in [-0.25, -0.2) is 4.39 Å². The maximum absolute atomic E-state index is 13.1. The molecule has 7 heteroatoms. The molecular weight excluding hydrogens is 288 g/mol. The van der Waals surface area contributed by atoms with E-state index in [1.165, 1.54) is 0 Å². The predicted molar refractivity (Wildman–Crippen MR) is 67.1 cm³/mol. The van der Waals surface area contributed by atoms with Gasteiger partial charge in [-0.15, -0.1) is 0 Å². The molecule has 2 fully saturated rings. The smallest absolute Gasteiger partial charge is 0.352 e. The lowest BCUT2D eigenvalue weighted by molar-refractivity contribution is -0.138. The van der Waals surface area contributed by atoms with Gasteiger partial charge in [-0.1, -0.05) is 0 Å². The number of fused-ring (bicyclic) bond motifs is 1. The van der Waals surface area contributed by atoms with Gasteiger partial charge in [-0.2, -0.15) is 13.2 Å². The van der Waals surface area contributed by atoms with Gasteiger partial charge in [0.15, 0.2) is 0 Å². The Morgan fingerprint density at radius 3 is 2.57 bits per heavy atom. The molecule has 0 aromatic heterocycles. The number of piperidine rings is 1. The summed E-state index contributed by atoms with van der Waals surface area (Å²) in [5.74, 6) is -0.418. The molecule has 1 amide bonds. The maximum Gasteiger partial charge on any atom is 0.417 e. The topological polar surface area (TPSA) is 41.1 Å². The molecule has 3 rings (SSSR count). The van der Waals surface area contributed by atoms with Crippen molar-refractivity contribution in [1.29, 1.82) is 0 Å². The fourth-order valence-corrected chi connectivity index (χ4v) is 3.11. The number of nitrogens with one attached hydrogen (secondary N) is 2. The minimum Gasteiger partial charge on any atom is -0.352 e. The van der Waals surface area contributed by atoms with Gasteiger partial charge in [0, 0.05) is 6.54 Å². The zero-order valence-corrected chi connectivity index (χ0v) is 11.0. The molecule has 21 heavy (non-hydrogen) atoms. The van der Waals surface area contributed by atoms with E-state index in [1.807, 2.05) is 0 Å². The highest BCUT2D eigenvalue weighted by Crippen LogP contribution is 2.48. The van der Waals surface area contributed by atoms with Crippen molar-refractivity contribution in [3.05, 3.63) is 35.1 Å². The first kappa shape index (κ1) is 14.3. The Balaban J connectivity index is 1.70. The van der Waals surface area contributed by atoms with Crippen LogP contribution in [0.25, 0.3) is 0 Å². The number of halogens is 4. The van der Waals surface area contributed by atoms with Crippen LogP contribution in [0.15, 0.2) is 18.2 Å². The summed E-state index contributed by atoms with van der Waals surface area (Å²) in [6, 6.07) is 1.93. The highest BCUT2D eigenvalue weighted by atomic mass is 19.4. The van der Waals surface area contributed by atoms with Crippen LogP contribution in [-0.4, -0.2) is 25.5 Å². The van der Waals surface area contributed by atoms with Gasteiger partial charge in [0.25, 0.3) is 5.91 Å². The lowest BCUT2D eigenvalue weighted by Gasteiger charge is -2.13. The Bertz CT molecular complexity index is 563. The number of benzene rings is 1. The number of alkyl halides is 3. The van der Waals surface area contributed by atoms with Gasteiger partial charge in [0.2, 0.25) is 0 Å². The van der Waals surface area contributed by atoms with Gasteiger partial charge in [-0.3, -0.25) is 4.79 Å². The van der Waals surface area contributed by atoms with E-state index in [2.05, 4.69) is 10.6 Å². The van der Waals surface area contributed by atoms with Crippen molar-refractivity contribution in [1.82, 2.24) is 10.6 Å². The molecule has 2 N–H and O–H groups in total. The summed E-state index contributed by atoms with van der Waals surface area (Å²) in [7, 11) is 0. The molecule has 1 aliphatic carbocycles. The summed E-state index contributed by atoms with van der Waals surface area (Å²) in [5.41, 5.74) is -1.77. The van der Waals surface area contributed by atoms with Gasteiger partial charge in [0.05, 0.1) is 11.1 Å². The second kappa shape index (κ2) is 4.98. The second-order valence-electron chi connectivity index (χ2n) is 5.55. The minimum atomic E-state index is -4.68. The predicted octanol–water partition coefficient (Wildman–Crippen LogP) is 2.04. The van der Waals surface area contributed by atoms with E-state index in [4.69, 9.17) is 0 Å². The van der Waals surface area contributed by atoms with Gasteiger partial charge >= 0.3 is 6.18 Å². The summed E-state index contributed by atoms with van der Waals surface area (Å²) in [6.07, 6.45) is -4.68. The van der Waals surface area contributed by atoms with Crippen molar-refractivity contribution < 1.29 is 22.4 Å². The van der Waals surface area contributed by atoms with E-state index in [0.29, 0.717) is 42.5 Å². The molecule has 0 radical (unpaired) electrons. The SMILES string of the molecule is O=C(NCC1C2CNCC21)c1cc(F)ccc1C(F)(F)F. The number of carbonyl (C=O) groups excluding carboxylic acids is 1. The zero-order valence-electron chi connectivity index (χ0n) is 11.0. The highest BCUT2D eigenvalue weighted by Gasteiger charge is 2.52. The van der Waals surface area contributed by atoms with Crippen LogP contribution >= 0.6 is 0 Å². The molecular formula is C14H14F4N2O. The normalized spacial score (nSPS) is 27.3. The number of carbonyl (C=O) groups is 1. The third-order valence-corrected chi connectivity index (χ3v) is 4.30. The third-order valence-electron chi connectivity index (χ3n) is 4.30.